The average Bonchev–Trinajstić information content (AvgIpc) is 2.39. The van der Waals surface area contributed by atoms with E-state index in [9.17, 15) is 4.39 Å². The van der Waals surface area contributed by atoms with Crippen LogP contribution in [0.25, 0.3) is 0 Å². The van der Waals surface area contributed by atoms with Crippen molar-refractivity contribution in [1.82, 2.24) is 5.32 Å². The SMILES string of the molecule is Fc1ccc2c(c1C1CCCCN1)OCCO2. The van der Waals surface area contributed by atoms with Crippen LogP contribution in [-0.2, 0) is 0 Å². The number of hydrogen-bond acceptors (Lipinski definition) is 3. The summed E-state index contributed by atoms with van der Waals surface area (Å²) in [5.41, 5.74) is 0.641. The third-order valence-electron chi connectivity index (χ3n) is 3.35. The predicted octanol–water partition coefficient (Wildman–Crippen LogP) is 2.41. The van der Waals surface area contributed by atoms with Crippen LogP contribution in [0, 0.1) is 5.82 Å². The molecule has 17 heavy (non-hydrogen) atoms. The second kappa shape index (κ2) is 4.53. The highest BCUT2D eigenvalue weighted by atomic mass is 19.1. The third kappa shape index (κ3) is 1.97. The number of ether oxygens (including phenoxy) is 2. The van der Waals surface area contributed by atoms with Gasteiger partial charge in [-0.1, -0.05) is 6.42 Å². The van der Waals surface area contributed by atoms with Crippen molar-refractivity contribution in [3.05, 3.63) is 23.5 Å². The predicted molar refractivity (Wildman–Crippen MR) is 62.0 cm³/mol. The Morgan fingerprint density at radius 1 is 1.18 bits per heavy atom. The molecule has 1 fully saturated rings. The Kier molecular flexibility index (Phi) is 2.89. The number of nitrogens with one attached hydrogen (secondary N) is 1. The molecule has 4 heteroatoms. The summed E-state index contributed by atoms with van der Waals surface area (Å²) >= 11 is 0. The van der Waals surface area contributed by atoms with Crippen LogP contribution in [0.5, 0.6) is 11.5 Å². The normalized spacial score (nSPS) is 23.5. The van der Waals surface area contributed by atoms with Gasteiger partial charge in [-0.3, -0.25) is 0 Å². The number of halogens is 1. The summed E-state index contributed by atoms with van der Waals surface area (Å²) in [7, 11) is 0. The molecule has 0 amide bonds. The Morgan fingerprint density at radius 2 is 2.06 bits per heavy atom. The van der Waals surface area contributed by atoms with Crippen LogP contribution in [0.15, 0.2) is 12.1 Å². The molecule has 0 bridgehead atoms. The monoisotopic (exact) mass is 237 g/mol. The van der Waals surface area contributed by atoms with Crippen molar-refractivity contribution in [1.29, 1.82) is 0 Å². The lowest BCUT2D eigenvalue weighted by molar-refractivity contribution is 0.166. The molecule has 0 spiro atoms. The Balaban J connectivity index is 2.01. The molecule has 2 aliphatic rings. The lowest BCUT2D eigenvalue weighted by atomic mass is 9.96. The van der Waals surface area contributed by atoms with Crippen LogP contribution in [0.1, 0.15) is 30.9 Å². The number of hydrogen-bond donors (Lipinski definition) is 1. The maximum Gasteiger partial charge on any atom is 0.169 e. The van der Waals surface area contributed by atoms with Gasteiger partial charge in [0.25, 0.3) is 0 Å². The Bertz CT molecular complexity index is 416. The first-order chi connectivity index (χ1) is 8.36. The minimum Gasteiger partial charge on any atom is -0.486 e. The highest BCUT2D eigenvalue weighted by Gasteiger charge is 2.26. The molecule has 0 aromatic heterocycles. The fraction of sp³-hybridized carbons (Fsp3) is 0.538. The maximum absolute atomic E-state index is 14.0. The van der Waals surface area contributed by atoms with Crippen LogP contribution in [-0.4, -0.2) is 19.8 Å². The molecule has 3 rings (SSSR count). The van der Waals surface area contributed by atoms with Crippen LogP contribution in [0.2, 0.25) is 0 Å². The number of piperidine rings is 1. The Morgan fingerprint density at radius 3 is 2.88 bits per heavy atom. The van der Waals surface area contributed by atoms with E-state index in [1.807, 2.05) is 0 Å². The van der Waals surface area contributed by atoms with Crippen molar-refractivity contribution in [3.63, 3.8) is 0 Å². The van der Waals surface area contributed by atoms with Gasteiger partial charge < -0.3 is 14.8 Å². The van der Waals surface area contributed by atoms with Crippen LogP contribution in [0.4, 0.5) is 4.39 Å². The number of benzene rings is 1. The van der Waals surface area contributed by atoms with Crippen molar-refractivity contribution in [2.75, 3.05) is 19.8 Å². The van der Waals surface area contributed by atoms with E-state index in [1.165, 1.54) is 6.07 Å². The van der Waals surface area contributed by atoms with Crippen LogP contribution in [0.3, 0.4) is 0 Å². The van der Waals surface area contributed by atoms with Gasteiger partial charge >= 0.3 is 0 Å². The molecule has 1 unspecified atom stereocenters. The summed E-state index contributed by atoms with van der Waals surface area (Å²) in [6.07, 6.45) is 3.24. The molecular weight excluding hydrogens is 221 g/mol. The van der Waals surface area contributed by atoms with Gasteiger partial charge in [-0.25, -0.2) is 4.39 Å². The quantitative estimate of drug-likeness (QED) is 0.813. The lowest BCUT2D eigenvalue weighted by Crippen LogP contribution is -2.29. The van der Waals surface area contributed by atoms with Crippen LogP contribution >= 0.6 is 0 Å². The molecule has 1 aromatic rings. The van der Waals surface area contributed by atoms with Crippen molar-refractivity contribution >= 4 is 0 Å². The summed E-state index contributed by atoms with van der Waals surface area (Å²) < 4.78 is 25.1. The zero-order valence-electron chi connectivity index (χ0n) is 9.67. The number of rotatable bonds is 1. The molecule has 92 valence electrons. The van der Waals surface area contributed by atoms with Gasteiger partial charge in [0.05, 0.1) is 5.56 Å². The van der Waals surface area contributed by atoms with E-state index < -0.39 is 0 Å². The summed E-state index contributed by atoms with van der Waals surface area (Å²) in [4.78, 5) is 0. The molecule has 2 heterocycles. The summed E-state index contributed by atoms with van der Waals surface area (Å²) in [5.74, 6) is 1.06. The molecule has 2 aliphatic heterocycles. The fourth-order valence-electron chi connectivity index (χ4n) is 2.54. The van der Waals surface area contributed by atoms with Gasteiger partial charge in [-0.05, 0) is 31.5 Å². The van der Waals surface area contributed by atoms with Crippen molar-refractivity contribution in [2.45, 2.75) is 25.3 Å². The van der Waals surface area contributed by atoms with E-state index in [-0.39, 0.29) is 11.9 Å². The van der Waals surface area contributed by atoms with Crippen LogP contribution < -0.4 is 14.8 Å². The molecule has 0 saturated carbocycles. The zero-order chi connectivity index (χ0) is 11.7. The smallest absolute Gasteiger partial charge is 0.169 e. The Hall–Kier alpha value is -1.29. The first-order valence-electron chi connectivity index (χ1n) is 6.17. The fourth-order valence-corrected chi connectivity index (χ4v) is 2.54. The van der Waals surface area contributed by atoms with Gasteiger partial charge in [-0.2, -0.15) is 0 Å². The molecule has 0 aliphatic carbocycles. The molecule has 0 radical (unpaired) electrons. The second-order valence-electron chi connectivity index (χ2n) is 4.49. The molecule has 1 saturated heterocycles. The van der Waals surface area contributed by atoms with Crippen molar-refractivity contribution in [3.8, 4) is 11.5 Å². The average molecular weight is 237 g/mol. The van der Waals surface area contributed by atoms with E-state index >= 15 is 0 Å². The molecule has 3 nitrogen and oxygen atoms in total. The van der Waals surface area contributed by atoms with Gasteiger partial charge in [0, 0.05) is 6.04 Å². The van der Waals surface area contributed by atoms with Crippen molar-refractivity contribution in [2.24, 2.45) is 0 Å². The summed E-state index contributed by atoms with van der Waals surface area (Å²) in [6.45, 7) is 1.97. The largest absolute Gasteiger partial charge is 0.486 e. The third-order valence-corrected chi connectivity index (χ3v) is 3.35. The number of fused-ring (bicyclic) bond motifs is 1. The second-order valence-corrected chi connectivity index (χ2v) is 4.49. The Labute approximate surface area is 99.9 Å². The zero-order valence-corrected chi connectivity index (χ0v) is 9.67. The van der Waals surface area contributed by atoms with Gasteiger partial charge in [0.2, 0.25) is 0 Å². The minimum atomic E-state index is -0.200. The first kappa shape index (κ1) is 10.8. The molecular formula is C13H16FNO2. The van der Waals surface area contributed by atoms with Gasteiger partial charge in [0.1, 0.15) is 19.0 Å². The van der Waals surface area contributed by atoms with E-state index in [1.54, 1.807) is 6.07 Å². The molecule has 1 N–H and O–H groups in total. The lowest BCUT2D eigenvalue weighted by Gasteiger charge is -2.28. The van der Waals surface area contributed by atoms with E-state index in [2.05, 4.69) is 5.32 Å². The molecule has 1 atom stereocenters. The summed E-state index contributed by atoms with van der Waals surface area (Å²) in [5, 5.41) is 3.35. The van der Waals surface area contributed by atoms with Crippen molar-refractivity contribution < 1.29 is 13.9 Å². The van der Waals surface area contributed by atoms with E-state index in [0.29, 0.717) is 30.3 Å². The maximum atomic E-state index is 14.0. The first-order valence-corrected chi connectivity index (χ1v) is 6.17. The highest BCUT2D eigenvalue weighted by Crippen LogP contribution is 2.40. The molecule has 1 aromatic carbocycles. The highest BCUT2D eigenvalue weighted by molar-refractivity contribution is 5.49. The van der Waals surface area contributed by atoms with Gasteiger partial charge in [-0.15, -0.1) is 0 Å². The summed E-state index contributed by atoms with van der Waals surface area (Å²) in [6, 6.07) is 3.18. The van der Waals surface area contributed by atoms with E-state index in [4.69, 9.17) is 9.47 Å². The standard InChI is InChI=1S/C13H16FNO2/c14-9-4-5-11-13(17-8-7-16-11)12(9)10-3-1-2-6-15-10/h4-5,10,15H,1-3,6-8H2. The van der Waals surface area contributed by atoms with E-state index in [0.717, 1.165) is 25.8 Å². The topological polar surface area (TPSA) is 30.5 Å². The minimum absolute atomic E-state index is 0.0559. The van der Waals surface area contributed by atoms with Gasteiger partial charge in [0.15, 0.2) is 11.5 Å².